The number of aryl methyl sites for hydroxylation is 2. The number of nitrogens with one attached hydrogen (secondary N) is 2. The third-order valence-electron chi connectivity index (χ3n) is 2.88. The average Bonchev–Trinajstić information content (AvgIpc) is 2.39. The van der Waals surface area contributed by atoms with Crippen LogP contribution in [-0.4, -0.2) is 12.5 Å². The van der Waals surface area contributed by atoms with Gasteiger partial charge < -0.3 is 5.32 Å². The van der Waals surface area contributed by atoms with E-state index < -0.39 is 0 Å². The predicted octanol–water partition coefficient (Wildman–Crippen LogP) is 2.15. The fraction of sp³-hybridized carbons (Fsp3) is 0.500. The van der Waals surface area contributed by atoms with Crippen molar-refractivity contribution in [1.82, 2.24) is 10.7 Å². The Bertz CT molecular complexity index is 420. The highest BCUT2D eigenvalue weighted by Crippen LogP contribution is 2.15. The molecule has 0 unspecified atom stereocenters. The smallest absolute Gasteiger partial charge is 0.206 e. The highest BCUT2D eigenvalue weighted by atomic mass is 19.1. The molecule has 1 aromatic carbocycles. The molecule has 0 heterocycles. The Balaban J connectivity index is 2.67. The van der Waals surface area contributed by atoms with E-state index in [0.29, 0.717) is 23.6 Å². The van der Waals surface area contributed by atoms with Crippen LogP contribution in [0.15, 0.2) is 17.1 Å². The standard InChI is InChI=1S/C14H23FN4/c1-4-5-6-17-14(19-16)18-9-12-7-10(2)13(15)11(3)8-12/h7-8H,4-6,9,16H2,1-3H3,(H2,17,18,19). The highest BCUT2D eigenvalue weighted by Gasteiger charge is 2.04. The lowest BCUT2D eigenvalue weighted by Gasteiger charge is -2.09. The van der Waals surface area contributed by atoms with E-state index in [-0.39, 0.29) is 5.82 Å². The average molecular weight is 266 g/mol. The SMILES string of the molecule is CCCCNC(=NCc1cc(C)c(F)c(C)c1)NN. The van der Waals surface area contributed by atoms with Crippen molar-refractivity contribution in [3.63, 3.8) is 0 Å². The van der Waals surface area contributed by atoms with E-state index in [1.165, 1.54) is 0 Å². The van der Waals surface area contributed by atoms with Crippen molar-refractivity contribution in [1.29, 1.82) is 0 Å². The topological polar surface area (TPSA) is 62.4 Å². The Hall–Kier alpha value is -1.62. The molecule has 0 aliphatic rings. The Kier molecular flexibility index (Phi) is 6.29. The first-order valence-electron chi connectivity index (χ1n) is 6.59. The zero-order valence-corrected chi connectivity index (χ0v) is 11.9. The maximum Gasteiger partial charge on any atom is 0.206 e. The maximum absolute atomic E-state index is 13.5. The third kappa shape index (κ3) is 4.87. The molecule has 0 aromatic heterocycles. The second-order valence-electron chi connectivity index (χ2n) is 4.63. The first-order chi connectivity index (χ1) is 9.08. The van der Waals surface area contributed by atoms with Crippen LogP contribution in [0.5, 0.6) is 0 Å². The quantitative estimate of drug-likeness (QED) is 0.251. The van der Waals surface area contributed by atoms with Crippen LogP contribution in [0.25, 0.3) is 0 Å². The van der Waals surface area contributed by atoms with Gasteiger partial charge in [0.15, 0.2) is 0 Å². The molecule has 0 aliphatic carbocycles. The van der Waals surface area contributed by atoms with Gasteiger partial charge in [0.2, 0.25) is 5.96 Å². The van der Waals surface area contributed by atoms with E-state index in [9.17, 15) is 4.39 Å². The minimum absolute atomic E-state index is 0.147. The summed E-state index contributed by atoms with van der Waals surface area (Å²) in [6.45, 7) is 6.95. The van der Waals surface area contributed by atoms with Crippen molar-refractivity contribution >= 4 is 5.96 Å². The van der Waals surface area contributed by atoms with Gasteiger partial charge in [-0.2, -0.15) is 0 Å². The van der Waals surface area contributed by atoms with Crippen LogP contribution in [0.3, 0.4) is 0 Å². The number of aliphatic imine (C=N–C) groups is 1. The summed E-state index contributed by atoms with van der Waals surface area (Å²) in [5, 5.41) is 3.12. The molecule has 0 fully saturated rings. The van der Waals surface area contributed by atoms with Gasteiger partial charge in [-0.3, -0.25) is 5.43 Å². The van der Waals surface area contributed by atoms with E-state index >= 15 is 0 Å². The number of hydrazine groups is 1. The van der Waals surface area contributed by atoms with E-state index in [1.807, 2.05) is 12.1 Å². The number of hydrogen-bond donors (Lipinski definition) is 3. The molecule has 106 valence electrons. The van der Waals surface area contributed by atoms with Crippen molar-refractivity contribution in [2.75, 3.05) is 6.54 Å². The second-order valence-corrected chi connectivity index (χ2v) is 4.63. The molecule has 0 amide bonds. The van der Waals surface area contributed by atoms with Crippen molar-refractivity contribution in [3.8, 4) is 0 Å². The molecule has 0 aliphatic heterocycles. The zero-order valence-electron chi connectivity index (χ0n) is 11.9. The summed E-state index contributed by atoms with van der Waals surface area (Å²) < 4.78 is 13.5. The molecule has 4 nitrogen and oxygen atoms in total. The molecule has 5 heteroatoms. The first kappa shape index (κ1) is 15.4. The van der Waals surface area contributed by atoms with Gasteiger partial charge in [0.25, 0.3) is 0 Å². The van der Waals surface area contributed by atoms with Gasteiger partial charge in [-0.1, -0.05) is 25.5 Å². The van der Waals surface area contributed by atoms with Crippen LogP contribution in [0.2, 0.25) is 0 Å². The van der Waals surface area contributed by atoms with Gasteiger partial charge in [-0.15, -0.1) is 0 Å². The molecule has 0 radical (unpaired) electrons. The number of nitrogens with zero attached hydrogens (tertiary/aromatic N) is 1. The summed E-state index contributed by atoms with van der Waals surface area (Å²) in [4.78, 5) is 4.34. The van der Waals surface area contributed by atoms with E-state index in [1.54, 1.807) is 13.8 Å². The number of unbranched alkanes of at least 4 members (excludes halogenated alkanes) is 1. The van der Waals surface area contributed by atoms with Gasteiger partial charge in [-0.25, -0.2) is 15.2 Å². The highest BCUT2D eigenvalue weighted by molar-refractivity contribution is 5.79. The van der Waals surface area contributed by atoms with Crippen molar-refractivity contribution in [2.24, 2.45) is 10.8 Å². The molecular weight excluding hydrogens is 243 g/mol. The number of guanidine groups is 1. The Morgan fingerprint density at radius 2 is 1.95 bits per heavy atom. The molecule has 0 bridgehead atoms. The molecule has 0 saturated carbocycles. The van der Waals surface area contributed by atoms with Crippen LogP contribution in [0.1, 0.15) is 36.5 Å². The summed E-state index contributed by atoms with van der Waals surface area (Å²) in [6, 6.07) is 3.62. The summed E-state index contributed by atoms with van der Waals surface area (Å²) in [7, 11) is 0. The van der Waals surface area contributed by atoms with E-state index in [0.717, 1.165) is 24.9 Å². The minimum atomic E-state index is -0.147. The van der Waals surface area contributed by atoms with Crippen molar-refractivity contribution < 1.29 is 4.39 Å². The fourth-order valence-corrected chi connectivity index (χ4v) is 1.83. The molecule has 4 N–H and O–H groups in total. The third-order valence-corrected chi connectivity index (χ3v) is 2.88. The van der Waals surface area contributed by atoms with Crippen LogP contribution in [0.4, 0.5) is 4.39 Å². The monoisotopic (exact) mass is 266 g/mol. The number of benzene rings is 1. The van der Waals surface area contributed by atoms with Gasteiger partial charge in [0.1, 0.15) is 5.82 Å². The molecule has 0 atom stereocenters. The first-order valence-corrected chi connectivity index (χ1v) is 6.59. The van der Waals surface area contributed by atoms with Gasteiger partial charge in [0, 0.05) is 6.54 Å². The lowest BCUT2D eigenvalue weighted by Crippen LogP contribution is -2.41. The number of halogens is 1. The molecule has 0 spiro atoms. The summed E-state index contributed by atoms with van der Waals surface area (Å²) in [5.41, 5.74) is 4.80. The molecular formula is C14H23FN4. The fourth-order valence-electron chi connectivity index (χ4n) is 1.83. The predicted molar refractivity (Wildman–Crippen MR) is 77.2 cm³/mol. The number of rotatable bonds is 5. The van der Waals surface area contributed by atoms with Crippen LogP contribution in [-0.2, 0) is 6.54 Å². The molecule has 19 heavy (non-hydrogen) atoms. The Morgan fingerprint density at radius 3 is 2.47 bits per heavy atom. The lowest BCUT2D eigenvalue weighted by molar-refractivity contribution is 0.608. The summed E-state index contributed by atoms with van der Waals surface area (Å²) in [5.74, 6) is 5.82. The summed E-state index contributed by atoms with van der Waals surface area (Å²) >= 11 is 0. The minimum Gasteiger partial charge on any atom is -0.355 e. The van der Waals surface area contributed by atoms with Gasteiger partial charge in [-0.05, 0) is 37.0 Å². The second kappa shape index (κ2) is 7.74. The van der Waals surface area contributed by atoms with Gasteiger partial charge >= 0.3 is 0 Å². The molecule has 1 rings (SSSR count). The number of nitrogens with two attached hydrogens (primary N) is 1. The zero-order chi connectivity index (χ0) is 14.3. The molecule has 1 aromatic rings. The Morgan fingerprint density at radius 1 is 1.32 bits per heavy atom. The molecule has 0 saturated heterocycles. The van der Waals surface area contributed by atoms with Crippen LogP contribution >= 0.6 is 0 Å². The van der Waals surface area contributed by atoms with E-state index in [2.05, 4.69) is 22.7 Å². The Labute approximate surface area is 114 Å². The number of hydrogen-bond acceptors (Lipinski definition) is 2. The summed E-state index contributed by atoms with van der Waals surface area (Å²) in [6.07, 6.45) is 2.18. The van der Waals surface area contributed by atoms with Gasteiger partial charge in [0.05, 0.1) is 6.54 Å². The largest absolute Gasteiger partial charge is 0.355 e. The van der Waals surface area contributed by atoms with Crippen LogP contribution in [0, 0.1) is 19.7 Å². The van der Waals surface area contributed by atoms with E-state index in [4.69, 9.17) is 5.84 Å². The van der Waals surface area contributed by atoms with Crippen molar-refractivity contribution in [3.05, 3.63) is 34.6 Å². The van der Waals surface area contributed by atoms with Crippen molar-refractivity contribution in [2.45, 2.75) is 40.2 Å². The normalized spacial score (nSPS) is 11.5. The van der Waals surface area contributed by atoms with Crippen LogP contribution < -0.4 is 16.6 Å². The lowest BCUT2D eigenvalue weighted by atomic mass is 10.1. The maximum atomic E-state index is 13.5.